The van der Waals surface area contributed by atoms with Gasteiger partial charge in [0.05, 0.1) is 6.04 Å². The molecular formula is C14H16N4O2S. The zero-order valence-electron chi connectivity index (χ0n) is 11.7. The van der Waals surface area contributed by atoms with E-state index in [4.69, 9.17) is 0 Å². The summed E-state index contributed by atoms with van der Waals surface area (Å²) in [5, 5.41) is 6.95. The smallest absolute Gasteiger partial charge is 0.274 e. The molecule has 0 aromatic carbocycles. The van der Waals surface area contributed by atoms with Gasteiger partial charge in [0.15, 0.2) is 0 Å². The van der Waals surface area contributed by atoms with Gasteiger partial charge in [-0.3, -0.25) is 9.59 Å². The highest BCUT2D eigenvalue weighted by Crippen LogP contribution is 2.32. The average molecular weight is 304 g/mol. The number of thiazole rings is 1. The Morgan fingerprint density at radius 1 is 1.38 bits per heavy atom. The molecule has 110 valence electrons. The van der Waals surface area contributed by atoms with Crippen molar-refractivity contribution in [2.24, 2.45) is 7.05 Å². The predicted octanol–water partition coefficient (Wildman–Crippen LogP) is 1.60. The molecule has 0 radical (unpaired) electrons. The molecule has 2 aromatic rings. The van der Waals surface area contributed by atoms with Crippen molar-refractivity contribution in [2.75, 3.05) is 6.54 Å². The molecule has 21 heavy (non-hydrogen) atoms. The second kappa shape index (κ2) is 5.77. The summed E-state index contributed by atoms with van der Waals surface area (Å²) < 4.78 is 1.19. The molecule has 0 bridgehead atoms. The van der Waals surface area contributed by atoms with Crippen LogP contribution in [-0.2, 0) is 7.05 Å². The van der Waals surface area contributed by atoms with Gasteiger partial charge in [-0.2, -0.15) is 5.10 Å². The lowest BCUT2D eigenvalue weighted by molar-refractivity contribution is 0.0602. The first-order valence-electron chi connectivity index (χ1n) is 6.91. The summed E-state index contributed by atoms with van der Waals surface area (Å²) in [5.74, 6) is -0.134. The highest BCUT2D eigenvalue weighted by atomic mass is 32.1. The van der Waals surface area contributed by atoms with Crippen LogP contribution in [0.15, 0.2) is 28.5 Å². The number of aromatic nitrogens is 3. The first-order valence-corrected chi connectivity index (χ1v) is 7.79. The molecule has 1 atom stereocenters. The number of carbonyl (C=O) groups is 1. The lowest BCUT2D eigenvalue weighted by atomic mass is 10.0. The van der Waals surface area contributed by atoms with Gasteiger partial charge in [-0.25, -0.2) is 9.67 Å². The van der Waals surface area contributed by atoms with Gasteiger partial charge in [0.1, 0.15) is 10.7 Å². The van der Waals surface area contributed by atoms with Crippen molar-refractivity contribution in [1.82, 2.24) is 19.7 Å². The van der Waals surface area contributed by atoms with Crippen molar-refractivity contribution in [3.8, 4) is 0 Å². The van der Waals surface area contributed by atoms with Crippen molar-refractivity contribution in [3.05, 3.63) is 44.8 Å². The van der Waals surface area contributed by atoms with Crippen LogP contribution in [0.4, 0.5) is 0 Å². The summed E-state index contributed by atoms with van der Waals surface area (Å²) in [4.78, 5) is 30.3. The van der Waals surface area contributed by atoms with Gasteiger partial charge in [-0.1, -0.05) is 0 Å². The number of piperidine rings is 1. The van der Waals surface area contributed by atoms with Crippen LogP contribution >= 0.6 is 11.3 Å². The minimum atomic E-state index is -0.221. The standard InChI is InChI=1S/C14H16N4O2S/c1-17-12(19)6-5-10(16-17)14(20)18-8-3-2-4-11(18)13-15-7-9-21-13/h5-7,9,11H,2-4,8H2,1H3/t11-/m0/s1. The maximum Gasteiger partial charge on any atom is 0.274 e. The molecule has 2 aromatic heterocycles. The average Bonchev–Trinajstić information content (AvgIpc) is 3.03. The Kier molecular flexibility index (Phi) is 3.83. The van der Waals surface area contributed by atoms with Crippen molar-refractivity contribution in [2.45, 2.75) is 25.3 Å². The Balaban J connectivity index is 1.90. The van der Waals surface area contributed by atoms with Crippen LogP contribution in [0.25, 0.3) is 0 Å². The third-order valence-electron chi connectivity index (χ3n) is 3.68. The quantitative estimate of drug-likeness (QED) is 0.845. The molecule has 0 spiro atoms. The first kappa shape index (κ1) is 13.9. The molecule has 0 N–H and O–H groups in total. The van der Waals surface area contributed by atoms with Gasteiger partial charge < -0.3 is 4.90 Å². The number of rotatable bonds is 2. The van der Waals surface area contributed by atoms with E-state index in [0.717, 1.165) is 24.3 Å². The van der Waals surface area contributed by atoms with E-state index in [1.165, 1.54) is 16.8 Å². The zero-order valence-corrected chi connectivity index (χ0v) is 12.5. The lowest BCUT2D eigenvalue weighted by Gasteiger charge is -2.34. The van der Waals surface area contributed by atoms with E-state index in [2.05, 4.69) is 10.1 Å². The maximum atomic E-state index is 12.7. The molecule has 0 saturated carbocycles. The normalized spacial score (nSPS) is 18.7. The topological polar surface area (TPSA) is 68.1 Å². The molecule has 0 unspecified atom stereocenters. The molecule has 3 heterocycles. The lowest BCUT2D eigenvalue weighted by Crippen LogP contribution is -2.39. The summed E-state index contributed by atoms with van der Waals surface area (Å²) in [6.07, 6.45) is 4.76. The fourth-order valence-electron chi connectivity index (χ4n) is 2.59. The summed E-state index contributed by atoms with van der Waals surface area (Å²) in [6.45, 7) is 0.702. The van der Waals surface area contributed by atoms with Gasteiger partial charge in [0.25, 0.3) is 11.5 Å². The molecule has 7 heteroatoms. The molecule has 1 saturated heterocycles. The van der Waals surface area contributed by atoms with Gasteiger partial charge in [0, 0.05) is 31.2 Å². The Labute approximate surface area is 126 Å². The van der Waals surface area contributed by atoms with E-state index >= 15 is 0 Å². The van der Waals surface area contributed by atoms with Crippen LogP contribution in [0.1, 0.15) is 40.8 Å². The van der Waals surface area contributed by atoms with Crippen molar-refractivity contribution in [3.63, 3.8) is 0 Å². The summed E-state index contributed by atoms with van der Waals surface area (Å²) in [5.41, 5.74) is 0.0854. The molecule has 1 fully saturated rings. The summed E-state index contributed by atoms with van der Waals surface area (Å²) in [6, 6.07) is 2.89. The Hall–Kier alpha value is -2.02. The largest absolute Gasteiger partial charge is 0.328 e. The second-order valence-corrected chi connectivity index (χ2v) is 5.99. The fraction of sp³-hybridized carbons (Fsp3) is 0.429. The van der Waals surface area contributed by atoms with Crippen LogP contribution in [0, 0.1) is 0 Å². The Morgan fingerprint density at radius 2 is 2.24 bits per heavy atom. The Morgan fingerprint density at radius 3 is 2.95 bits per heavy atom. The maximum absolute atomic E-state index is 12.7. The number of aryl methyl sites for hydroxylation is 1. The van der Waals surface area contributed by atoms with Gasteiger partial charge in [-0.15, -0.1) is 11.3 Å². The van der Waals surface area contributed by atoms with E-state index in [1.54, 1.807) is 24.6 Å². The van der Waals surface area contributed by atoms with E-state index in [-0.39, 0.29) is 17.5 Å². The van der Waals surface area contributed by atoms with Crippen molar-refractivity contribution >= 4 is 17.2 Å². The van der Waals surface area contributed by atoms with Crippen LogP contribution in [0.2, 0.25) is 0 Å². The molecule has 1 aliphatic rings. The fourth-order valence-corrected chi connectivity index (χ4v) is 3.38. The zero-order chi connectivity index (χ0) is 14.8. The number of nitrogens with zero attached hydrogens (tertiary/aromatic N) is 4. The molecular weight excluding hydrogens is 288 g/mol. The third kappa shape index (κ3) is 2.73. The van der Waals surface area contributed by atoms with Gasteiger partial charge in [-0.05, 0) is 25.3 Å². The third-order valence-corrected chi connectivity index (χ3v) is 4.56. The van der Waals surface area contributed by atoms with E-state index in [1.807, 2.05) is 10.3 Å². The van der Waals surface area contributed by atoms with Crippen molar-refractivity contribution < 1.29 is 4.79 Å². The Bertz CT molecular complexity index is 695. The van der Waals surface area contributed by atoms with E-state index in [9.17, 15) is 9.59 Å². The second-order valence-electron chi connectivity index (χ2n) is 5.06. The number of amides is 1. The summed E-state index contributed by atoms with van der Waals surface area (Å²) in [7, 11) is 1.55. The van der Waals surface area contributed by atoms with E-state index in [0.29, 0.717) is 12.2 Å². The number of hydrogen-bond donors (Lipinski definition) is 0. The monoisotopic (exact) mass is 304 g/mol. The van der Waals surface area contributed by atoms with Crippen molar-refractivity contribution in [1.29, 1.82) is 0 Å². The molecule has 3 rings (SSSR count). The minimum Gasteiger partial charge on any atom is -0.328 e. The minimum absolute atomic E-state index is 0.0188. The van der Waals surface area contributed by atoms with Gasteiger partial charge >= 0.3 is 0 Å². The molecule has 1 aliphatic heterocycles. The molecule has 6 nitrogen and oxygen atoms in total. The first-order chi connectivity index (χ1) is 10.2. The van der Waals surface area contributed by atoms with Crippen LogP contribution in [-0.4, -0.2) is 32.1 Å². The SMILES string of the molecule is Cn1nc(C(=O)N2CCCC[C@H]2c2nccs2)ccc1=O. The van der Waals surface area contributed by atoms with Gasteiger partial charge in [0.2, 0.25) is 0 Å². The van der Waals surface area contributed by atoms with Crippen LogP contribution < -0.4 is 5.56 Å². The number of hydrogen-bond acceptors (Lipinski definition) is 5. The summed E-state index contributed by atoms with van der Waals surface area (Å²) >= 11 is 1.57. The highest BCUT2D eigenvalue weighted by Gasteiger charge is 2.31. The number of likely N-dealkylation sites (tertiary alicyclic amines) is 1. The van der Waals surface area contributed by atoms with Crippen LogP contribution in [0.5, 0.6) is 0 Å². The van der Waals surface area contributed by atoms with Crippen LogP contribution in [0.3, 0.4) is 0 Å². The molecule has 1 amide bonds. The van der Waals surface area contributed by atoms with E-state index < -0.39 is 0 Å². The number of carbonyl (C=O) groups excluding carboxylic acids is 1. The highest BCUT2D eigenvalue weighted by molar-refractivity contribution is 7.09. The molecule has 0 aliphatic carbocycles. The predicted molar refractivity (Wildman–Crippen MR) is 79.2 cm³/mol.